The molecule has 10 nitrogen and oxygen atoms in total. The Hall–Kier alpha value is -2.36. The molecule has 2 rings (SSSR count). The summed E-state index contributed by atoms with van der Waals surface area (Å²) in [4.78, 5) is 11.8. The van der Waals surface area contributed by atoms with Gasteiger partial charge in [0, 0.05) is 13.1 Å². The Morgan fingerprint density at radius 3 is 2.71 bits per heavy atom. The number of carbonyl (C=O) groups is 1. The summed E-state index contributed by atoms with van der Waals surface area (Å²) in [6, 6.07) is 0. The van der Waals surface area contributed by atoms with Gasteiger partial charge in [-0.15, -0.1) is 10.2 Å². The molecule has 0 spiro atoms. The molecule has 0 radical (unpaired) electrons. The highest BCUT2D eigenvalue weighted by Gasteiger charge is 2.21. The van der Waals surface area contributed by atoms with E-state index in [1.165, 1.54) is 4.68 Å². The van der Waals surface area contributed by atoms with Crippen LogP contribution in [0.4, 0.5) is 0 Å². The highest BCUT2D eigenvalue weighted by atomic mass is 16.5. The van der Waals surface area contributed by atoms with Crippen LogP contribution in [-0.4, -0.2) is 47.8 Å². The number of nitrogens with two attached hydrogens (primary N) is 1. The summed E-state index contributed by atoms with van der Waals surface area (Å²) >= 11 is 0. The van der Waals surface area contributed by atoms with Gasteiger partial charge < -0.3 is 10.5 Å². The van der Waals surface area contributed by atoms with Gasteiger partial charge in [-0.3, -0.25) is 0 Å². The van der Waals surface area contributed by atoms with E-state index in [2.05, 4.69) is 25.8 Å². The van der Waals surface area contributed by atoms with Crippen molar-refractivity contribution in [3.63, 3.8) is 0 Å². The molecule has 2 N–H and O–H groups in total. The van der Waals surface area contributed by atoms with Gasteiger partial charge in [-0.25, -0.2) is 14.2 Å². The van der Waals surface area contributed by atoms with Crippen molar-refractivity contribution >= 4 is 5.97 Å². The fraction of sp³-hybridized carbons (Fsp3) is 0.636. The lowest BCUT2D eigenvalue weighted by Gasteiger charge is -2.06. The number of carbonyl (C=O) groups excluding carboxylic acids is 1. The monoisotopic (exact) mass is 294 g/mol. The zero-order valence-corrected chi connectivity index (χ0v) is 12.1. The molecular formula is C11H18N8O2. The van der Waals surface area contributed by atoms with Crippen molar-refractivity contribution in [2.75, 3.05) is 6.61 Å². The number of aryl methyl sites for hydroxylation is 1. The van der Waals surface area contributed by atoms with E-state index in [0.29, 0.717) is 24.6 Å². The fourth-order valence-corrected chi connectivity index (χ4v) is 1.88. The first-order valence-electron chi connectivity index (χ1n) is 6.75. The van der Waals surface area contributed by atoms with Crippen molar-refractivity contribution in [1.82, 2.24) is 35.2 Å². The summed E-state index contributed by atoms with van der Waals surface area (Å²) < 4.78 is 8.13. The minimum atomic E-state index is -0.530. The van der Waals surface area contributed by atoms with Crippen molar-refractivity contribution in [3.05, 3.63) is 17.2 Å². The van der Waals surface area contributed by atoms with Crippen LogP contribution >= 0.6 is 0 Å². The molecule has 0 saturated carbocycles. The van der Waals surface area contributed by atoms with Crippen LogP contribution in [0.2, 0.25) is 0 Å². The van der Waals surface area contributed by atoms with E-state index in [0.717, 1.165) is 6.42 Å². The lowest BCUT2D eigenvalue weighted by atomic mass is 10.3. The molecule has 0 unspecified atom stereocenters. The number of rotatable bonds is 7. The normalized spacial score (nSPS) is 10.8. The van der Waals surface area contributed by atoms with Gasteiger partial charge in [-0.2, -0.15) is 0 Å². The van der Waals surface area contributed by atoms with Crippen LogP contribution in [0.1, 0.15) is 42.3 Å². The maximum absolute atomic E-state index is 11.8. The zero-order valence-electron chi connectivity index (χ0n) is 12.1. The largest absolute Gasteiger partial charge is 0.461 e. The number of tetrazole rings is 1. The Balaban J connectivity index is 2.24. The number of hydrogen-bond donors (Lipinski definition) is 1. The van der Waals surface area contributed by atoms with E-state index in [9.17, 15) is 4.79 Å². The van der Waals surface area contributed by atoms with Gasteiger partial charge in [-0.05, 0) is 23.8 Å². The minimum absolute atomic E-state index is 0.122. The number of aromatic nitrogens is 7. The minimum Gasteiger partial charge on any atom is -0.461 e. The third kappa shape index (κ3) is 3.21. The summed E-state index contributed by atoms with van der Waals surface area (Å²) in [5.41, 5.74) is 6.32. The number of ether oxygens (including phenoxy) is 1. The third-order valence-electron chi connectivity index (χ3n) is 2.83. The standard InChI is InChI=1S/C11H18N8O2/c1-3-5-18-9(13-15-17-18)7-19-8(6-12)10(14-16-19)11(20)21-4-2/h3-7,12H2,1-2H3. The summed E-state index contributed by atoms with van der Waals surface area (Å²) in [7, 11) is 0. The first-order chi connectivity index (χ1) is 10.2. The second-order valence-electron chi connectivity index (χ2n) is 4.29. The summed E-state index contributed by atoms with van der Waals surface area (Å²) in [6.07, 6.45) is 0.910. The maximum atomic E-state index is 11.8. The van der Waals surface area contributed by atoms with E-state index in [4.69, 9.17) is 10.5 Å². The van der Waals surface area contributed by atoms with Gasteiger partial charge in [-0.1, -0.05) is 12.1 Å². The molecule has 0 atom stereocenters. The van der Waals surface area contributed by atoms with Gasteiger partial charge >= 0.3 is 5.97 Å². The van der Waals surface area contributed by atoms with Crippen LogP contribution in [0, 0.1) is 0 Å². The average molecular weight is 294 g/mol. The van der Waals surface area contributed by atoms with Crippen molar-refractivity contribution in [2.45, 2.75) is 39.9 Å². The van der Waals surface area contributed by atoms with Gasteiger partial charge in [0.1, 0.15) is 6.54 Å². The van der Waals surface area contributed by atoms with Crippen LogP contribution in [-0.2, 0) is 24.4 Å². The molecule has 2 aromatic rings. The SMILES string of the molecule is CCCn1nnnc1Cn1nnc(C(=O)OCC)c1CN. The predicted molar refractivity (Wildman–Crippen MR) is 71.1 cm³/mol. The molecule has 2 heterocycles. The Labute approximate surface area is 121 Å². The molecule has 21 heavy (non-hydrogen) atoms. The van der Waals surface area contributed by atoms with Crippen molar-refractivity contribution in [2.24, 2.45) is 5.73 Å². The molecule has 0 aliphatic heterocycles. The molecule has 0 fully saturated rings. The molecule has 0 bridgehead atoms. The van der Waals surface area contributed by atoms with E-state index in [-0.39, 0.29) is 18.8 Å². The highest BCUT2D eigenvalue weighted by molar-refractivity contribution is 5.88. The lowest BCUT2D eigenvalue weighted by molar-refractivity contribution is 0.0518. The highest BCUT2D eigenvalue weighted by Crippen LogP contribution is 2.08. The Bertz CT molecular complexity index is 605. The van der Waals surface area contributed by atoms with Crippen LogP contribution < -0.4 is 5.73 Å². The van der Waals surface area contributed by atoms with Crippen LogP contribution in [0.25, 0.3) is 0 Å². The molecule has 0 aliphatic carbocycles. The molecule has 0 aliphatic rings. The molecular weight excluding hydrogens is 276 g/mol. The number of nitrogens with zero attached hydrogens (tertiary/aromatic N) is 7. The van der Waals surface area contributed by atoms with Crippen LogP contribution in [0.5, 0.6) is 0 Å². The van der Waals surface area contributed by atoms with E-state index in [1.807, 2.05) is 6.92 Å². The second-order valence-corrected chi connectivity index (χ2v) is 4.29. The van der Waals surface area contributed by atoms with Gasteiger partial charge in [0.15, 0.2) is 11.5 Å². The topological polar surface area (TPSA) is 127 Å². The van der Waals surface area contributed by atoms with Crippen LogP contribution in [0.15, 0.2) is 0 Å². The quantitative estimate of drug-likeness (QED) is 0.668. The van der Waals surface area contributed by atoms with Gasteiger partial charge in [0.2, 0.25) is 0 Å². The van der Waals surface area contributed by atoms with E-state index < -0.39 is 5.97 Å². The molecule has 0 saturated heterocycles. The molecule has 2 aromatic heterocycles. The molecule has 0 amide bonds. The summed E-state index contributed by atoms with van der Waals surface area (Å²) in [6.45, 7) is 5.15. The number of hydrogen-bond acceptors (Lipinski definition) is 8. The first kappa shape index (κ1) is 15.0. The predicted octanol–water partition coefficient (Wildman–Crippen LogP) is -0.642. The summed E-state index contributed by atoms with van der Waals surface area (Å²) in [5, 5.41) is 19.3. The maximum Gasteiger partial charge on any atom is 0.360 e. The van der Waals surface area contributed by atoms with E-state index in [1.54, 1.807) is 11.6 Å². The Morgan fingerprint density at radius 1 is 1.24 bits per heavy atom. The third-order valence-corrected chi connectivity index (χ3v) is 2.83. The van der Waals surface area contributed by atoms with Crippen molar-refractivity contribution < 1.29 is 9.53 Å². The lowest BCUT2D eigenvalue weighted by Crippen LogP contribution is -2.17. The van der Waals surface area contributed by atoms with E-state index >= 15 is 0 Å². The van der Waals surface area contributed by atoms with Crippen molar-refractivity contribution in [1.29, 1.82) is 0 Å². The molecule has 10 heteroatoms. The van der Waals surface area contributed by atoms with Crippen molar-refractivity contribution in [3.8, 4) is 0 Å². The fourth-order valence-electron chi connectivity index (χ4n) is 1.88. The Morgan fingerprint density at radius 2 is 2.05 bits per heavy atom. The van der Waals surface area contributed by atoms with Gasteiger partial charge in [0.05, 0.1) is 12.3 Å². The zero-order chi connectivity index (χ0) is 15.2. The smallest absolute Gasteiger partial charge is 0.360 e. The molecule has 0 aromatic carbocycles. The summed E-state index contributed by atoms with van der Waals surface area (Å²) in [5.74, 6) is 0.101. The second kappa shape index (κ2) is 6.88. The number of esters is 1. The van der Waals surface area contributed by atoms with Gasteiger partial charge in [0.25, 0.3) is 0 Å². The molecule has 114 valence electrons. The Kier molecular flexibility index (Phi) is 4.93. The first-order valence-corrected chi connectivity index (χ1v) is 6.75. The average Bonchev–Trinajstić information content (AvgIpc) is 3.07. The van der Waals surface area contributed by atoms with Crippen LogP contribution in [0.3, 0.4) is 0 Å².